The molecule has 1 radical (unpaired) electrons. The van der Waals surface area contributed by atoms with Gasteiger partial charge in [-0.3, -0.25) is 9.59 Å². The largest absolute Gasteiger partial charge is 0.271 e. The third kappa shape index (κ3) is 0.737. The van der Waals surface area contributed by atoms with Crippen molar-refractivity contribution < 1.29 is 9.59 Å². The summed E-state index contributed by atoms with van der Waals surface area (Å²) in [5.41, 5.74) is -0.627. The van der Waals surface area contributed by atoms with Crippen LogP contribution >= 0.6 is 0 Å². The predicted octanol–water partition coefficient (Wildman–Crippen LogP) is 0.608. The zero-order valence-corrected chi connectivity index (χ0v) is 6.30. The second-order valence-corrected chi connectivity index (χ2v) is 3.36. The number of carbonyl (C=O) groups excluding carboxylic acids is 2. The van der Waals surface area contributed by atoms with E-state index in [0.717, 1.165) is 32.1 Å². The van der Waals surface area contributed by atoms with Gasteiger partial charge in [0.1, 0.15) is 5.41 Å². The van der Waals surface area contributed by atoms with Crippen LogP contribution in [-0.4, -0.2) is 11.8 Å². The van der Waals surface area contributed by atoms with E-state index in [4.69, 9.17) is 0 Å². The molecule has 3 nitrogen and oxygen atoms in total. The molecule has 2 fully saturated rings. The lowest BCUT2D eigenvalue weighted by Crippen LogP contribution is -2.60. The topological polar surface area (TPSA) is 48.2 Å². The Kier molecular flexibility index (Phi) is 1.28. The maximum Gasteiger partial charge on any atom is 0.264 e. The SMILES string of the molecule is O=C1[N]C(=O)C12CCCCC2. The first-order chi connectivity index (χ1) is 5.26. The summed E-state index contributed by atoms with van der Waals surface area (Å²) in [6.07, 6.45) is 4.66. The minimum atomic E-state index is -0.627. The summed E-state index contributed by atoms with van der Waals surface area (Å²) in [5, 5.41) is 3.32. The second-order valence-electron chi connectivity index (χ2n) is 3.36. The summed E-state index contributed by atoms with van der Waals surface area (Å²) in [4.78, 5) is 22.1. The molecule has 1 saturated carbocycles. The van der Waals surface area contributed by atoms with Crippen molar-refractivity contribution in [2.24, 2.45) is 5.41 Å². The molecular formula is C8H10NO2. The molecule has 2 amide bonds. The van der Waals surface area contributed by atoms with Gasteiger partial charge in [-0.1, -0.05) is 19.3 Å². The first-order valence-corrected chi connectivity index (χ1v) is 4.06. The predicted molar refractivity (Wildman–Crippen MR) is 37.7 cm³/mol. The number of hydrogen-bond acceptors (Lipinski definition) is 2. The average molecular weight is 152 g/mol. The number of β-lactam (4-membered cyclic amide) rings is 2. The minimum absolute atomic E-state index is 0.165. The van der Waals surface area contributed by atoms with E-state index in [0.29, 0.717) is 0 Å². The molecule has 0 N–H and O–H groups in total. The number of rotatable bonds is 0. The quantitative estimate of drug-likeness (QED) is 0.377. The van der Waals surface area contributed by atoms with Gasteiger partial charge in [0, 0.05) is 0 Å². The van der Waals surface area contributed by atoms with Gasteiger partial charge in [-0.05, 0) is 12.8 Å². The fourth-order valence-electron chi connectivity index (χ4n) is 1.93. The normalized spacial score (nSPS) is 28.0. The standard InChI is InChI=1S/C8H10NO2/c10-6-8(7(11)9-6)4-2-1-3-5-8/h1-5H2. The van der Waals surface area contributed by atoms with Crippen LogP contribution in [-0.2, 0) is 9.59 Å². The van der Waals surface area contributed by atoms with E-state index < -0.39 is 5.41 Å². The Hall–Kier alpha value is -0.860. The molecule has 0 aromatic carbocycles. The molecule has 0 bridgehead atoms. The highest BCUT2D eigenvalue weighted by molar-refractivity contribution is 6.21. The Morgan fingerprint density at radius 1 is 1.00 bits per heavy atom. The lowest BCUT2D eigenvalue weighted by atomic mass is 9.68. The van der Waals surface area contributed by atoms with Crippen molar-refractivity contribution in [1.29, 1.82) is 0 Å². The molecule has 1 aliphatic carbocycles. The van der Waals surface area contributed by atoms with Gasteiger partial charge in [0.05, 0.1) is 0 Å². The van der Waals surface area contributed by atoms with Crippen molar-refractivity contribution in [3.05, 3.63) is 0 Å². The Morgan fingerprint density at radius 2 is 1.55 bits per heavy atom. The van der Waals surface area contributed by atoms with Crippen molar-refractivity contribution in [3.8, 4) is 0 Å². The maximum absolute atomic E-state index is 11.0. The van der Waals surface area contributed by atoms with Gasteiger partial charge in [0.15, 0.2) is 0 Å². The number of carbonyl (C=O) groups is 2. The molecular weight excluding hydrogens is 142 g/mol. The molecule has 0 aromatic heterocycles. The van der Waals surface area contributed by atoms with Gasteiger partial charge in [-0.2, -0.15) is 5.32 Å². The van der Waals surface area contributed by atoms with E-state index in [1.54, 1.807) is 0 Å². The molecule has 0 aromatic rings. The average Bonchev–Trinajstić information content (AvgIpc) is 2.07. The van der Waals surface area contributed by atoms with Crippen LogP contribution in [0, 0.1) is 5.41 Å². The molecule has 2 aliphatic rings. The lowest BCUT2D eigenvalue weighted by Gasteiger charge is -2.38. The van der Waals surface area contributed by atoms with E-state index in [-0.39, 0.29) is 11.8 Å². The number of imide groups is 1. The van der Waals surface area contributed by atoms with Crippen LogP contribution in [0.2, 0.25) is 0 Å². The Bertz CT molecular complexity index is 200. The van der Waals surface area contributed by atoms with Gasteiger partial charge >= 0.3 is 0 Å². The van der Waals surface area contributed by atoms with Crippen LogP contribution in [0.3, 0.4) is 0 Å². The molecule has 1 spiro atoms. The second kappa shape index (κ2) is 2.06. The molecule has 1 saturated heterocycles. The van der Waals surface area contributed by atoms with E-state index >= 15 is 0 Å². The fraction of sp³-hybridized carbons (Fsp3) is 0.750. The van der Waals surface area contributed by atoms with Gasteiger partial charge < -0.3 is 0 Å². The third-order valence-electron chi connectivity index (χ3n) is 2.73. The third-order valence-corrected chi connectivity index (χ3v) is 2.73. The van der Waals surface area contributed by atoms with E-state index in [1.165, 1.54) is 0 Å². The highest BCUT2D eigenvalue weighted by atomic mass is 16.2. The van der Waals surface area contributed by atoms with Gasteiger partial charge in [0.2, 0.25) is 0 Å². The highest BCUT2D eigenvalue weighted by Gasteiger charge is 2.56. The number of nitrogens with zero attached hydrogens (tertiary/aromatic N) is 1. The monoisotopic (exact) mass is 152 g/mol. The molecule has 11 heavy (non-hydrogen) atoms. The van der Waals surface area contributed by atoms with Crippen molar-refractivity contribution in [3.63, 3.8) is 0 Å². The molecule has 1 aliphatic heterocycles. The molecule has 1 heterocycles. The zero-order chi connectivity index (χ0) is 7.90. The number of hydrogen-bond donors (Lipinski definition) is 0. The van der Waals surface area contributed by atoms with Gasteiger partial charge in [-0.25, -0.2) is 0 Å². The van der Waals surface area contributed by atoms with Crippen LogP contribution in [0.15, 0.2) is 0 Å². The fourth-order valence-corrected chi connectivity index (χ4v) is 1.93. The lowest BCUT2D eigenvalue weighted by molar-refractivity contribution is -0.160. The summed E-state index contributed by atoms with van der Waals surface area (Å²) in [6, 6.07) is 0. The van der Waals surface area contributed by atoms with Crippen LogP contribution < -0.4 is 5.32 Å². The van der Waals surface area contributed by atoms with E-state index in [2.05, 4.69) is 5.32 Å². The molecule has 0 unspecified atom stereocenters. The summed E-state index contributed by atoms with van der Waals surface area (Å²) in [5.74, 6) is -0.329. The van der Waals surface area contributed by atoms with Crippen LogP contribution in [0.5, 0.6) is 0 Å². The molecule has 3 heteroatoms. The molecule has 2 rings (SSSR count). The van der Waals surface area contributed by atoms with Crippen LogP contribution in [0.4, 0.5) is 0 Å². The summed E-state index contributed by atoms with van der Waals surface area (Å²) < 4.78 is 0. The highest BCUT2D eigenvalue weighted by Crippen LogP contribution is 2.41. The molecule has 0 atom stereocenters. The smallest absolute Gasteiger partial charge is 0.264 e. The first-order valence-electron chi connectivity index (χ1n) is 4.06. The van der Waals surface area contributed by atoms with Gasteiger partial charge in [0.25, 0.3) is 11.8 Å². The zero-order valence-electron chi connectivity index (χ0n) is 6.30. The Labute approximate surface area is 65.2 Å². The van der Waals surface area contributed by atoms with Crippen molar-refractivity contribution in [1.82, 2.24) is 5.32 Å². The van der Waals surface area contributed by atoms with Crippen LogP contribution in [0.25, 0.3) is 0 Å². The summed E-state index contributed by atoms with van der Waals surface area (Å²) in [7, 11) is 0. The van der Waals surface area contributed by atoms with E-state index in [1.807, 2.05) is 0 Å². The van der Waals surface area contributed by atoms with Crippen molar-refractivity contribution in [2.75, 3.05) is 0 Å². The summed E-state index contributed by atoms with van der Waals surface area (Å²) in [6.45, 7) is 0. The molecule has 59 valence electrons. The summed E-state index contributed by atoms with van der Waals surface area (Å²) >= 11 is 0. The first kappa shape index (κ1) is 6.83. The van der Waals surface area contributed by atoms with Crippen LogP contribution in [0.1, 0.15) is 32.1 Å². The Balaban J connectivity index is 2.19. The van der Waals surface area contributed by atoms with Crippen molar-refractivity contribution >= 4 is 11.8 Å². The number of amides is 2. The maximum atomic E-state index is 11.0. The van der Waals surface area contributed by atoms with Gasteiger partial charge in [-0.15, -0.1) is 0 Å². The van der Waals surface area contributed by atoms with Crippen molar-refractivity contribution in [2.45, 2.75) is 32.1 Å². The Morgan fingerprint density at radius 3 is 1.91 bits per heavy atom. The van der Waals surface area contributed by atoms with E-state index in [9.17, 15) is 9.59 Å². The minimum Gasteiger partial charge on any atom is -0.271 e.